The zero-order valence-electron chi connectivity index (χ0n) is 13.7. The van der Waals surface area contributed by atoms with Crippen LogP contribution in [0.5, 0.6) is 0 Å². The molecule has 1 N–H and O–H groups in total. The molecule has 2 aliphatic rings. The van der Waals surface area contributed by atoms with Gasteiger partial charge < -0.3 is 5.32 Å². The molecule has 0 atom stereocenters. The molecule has 0 amide bonds. The predicted molar refractivity (Wildman–Crippen MR) is 87.8 cm³/mol. The van der Waals surface area contributed by atoms with Gasteiger partial charge in [0.2, 0.25) is 10.0 Å². The molecule has 0 spiro atoms. The van der Waals surface area contributed by atoms with Crippen molar-refractivity contribution in [2.75, 3.05) is 25.4 Å². The lowest BCUT2D eigenvalue weighted by Crippen LogP contribution is -2.43. The second kappa shape index (κ2) is 7.93. The monoisotopic (exact) mass is 316 g/mol. The van der Waals surface area contributed by atoms with Crippen molar-refractivity contribution in [3.8, 4) is 0 Å². The Hall–Kier alpha value is -0.130. The maximum atomic E-state index is 12.5. The van der Waals surface area contributed by atoms with Crippen LogP contribution in [0.25, 0.3) is 0 Å². The van der Waals surface area contributed by atoms with Crippen molar-refractivity contribution in [2.24, 2.45) is 11.8 Å². The van der Waals surface area contributed by atoms with Gasteiger partial charge in [-0.05, 0) is 44.1 Å². The van der Waals surface area contributed by atoms with Gasteiger partial charge in [-0.1, -0.05) is 33.1 Å². The maximum absolute atomic E-state index is 12.5. The van der Waals surface area contributed by atoms with Crippen molar-refractivity contribution in [1.29, 1.82) is 0 Å². The van der Waals surface area contributed by atoms with Crippen molar-refractivity contribution >= 4 is 10.0 Å². The van der Waals surface area contributed by atoms with Crippen molar-refractivity contribution in [3.05, 3.63) is 0 Å². The molecular formula is C16H32N2O2S. The Bertz CT molecular complexity index is 395. The molecule has 0 radical (unpaired) electrons. The highest BCUT2D eigenvalue weighted by atomic mass is 32.2. The lowest BCUT2D eigenvalue weighted by Gasteiger charge is -2.33. The molecule has 21 heavy (non-hydrogen) atoms. The number of hydrogen-bond donors (Lipinski definition) is 1. The number of rotatable bonds is 6. The molecule has 2 rings (SSSR count). The van der Waals surface area contributed by atoms with E-state index < -0.39 is 10.0 Å². The summed E-state index contributed by atoms with van der Waals surface area (Å²) in [5, 5.41) is 3.47. The highest BCUT2D eigenvalue weighted by Crippen LogP contribution is 2.27. The Balaban J connectivity index is 1.77. The van der Waals surface area contributed by atoms with Crippen molar-refractivity contribution in [1.82, 2.24) is 9.62 Å². The zero-order valence-corrected chi connectivity index (χ0v) is 14.5. The quantitative estimate of drug-likeness (QED) is 0.819. The molecule has 0 aromatic carbocycles. The standard InChI is InChI=1S/C16H32N2O2S/c1-14(2)17-12-15-8-10-18(11-9-15)21(19,20)13-16-6-4-3-5-7-16/h14-17H,3-13H2,1-2H3. The summed E-state index contributed by atoms with van der Waals surface area (Å²) < 4.78 is 26.8. The molecule has 0 aromatic rings. The highest BCUT2D eigenvalue weighted by Gasteiger charge is 2.30. The van der Waals surface area contributed by atoms with E-state index in [1.165, 1.54) is 19.3 Å². The van der Waals surface area contributed by atoms with Crippen LogP contribution in [0.2, 0.25) is 0 Å². The molecule has 1 saturated heterocycles. The first-order valence-electron chi connectivity index (χ1n) is 8.68. The molecule has 1 aliphatic carbocycles. The fourth-order valence-electron chi connectivity index (χ4n) is 3.55. The van der Waals surface area contributed by atoms with Crippen molar-refractivity contribution < 1.29 is 8.42 Å². The van der Waals surface area contributed by atoms with Gasteiger partial charge in [0.1, 0.15) is 0 Å². The van der Waals surface area contributed by atoms with Gasteiger partial charge in [-0.25, -0.2) is 12.7 Å². The molecule has 1 aliphatic heterocycles. The molecule has 124 valence electrons. The van der Waals surface area contributed by atoms with Gasteiger partial charge in [0, 0.05) is 19.1 Å². The molecule has 2 fully saturated rings. The average Bonchev–Trinajstić information content (AvgIpc) is 2.46. The Morgan fingerprint density at radius 2 is 1.62 bits per heavy atom. The van der Waals surface area contributed by atoms with E-state index in [2.05, 4.69) is 19.2 Å². The molecule has 4 nitrogen and oxygen atoms in total. The van der Waals surface area contributed by atoms with Gasteiger partial charge in [-0.3, -0.25) is 0 Å². The normalized spacial score (nSPS) is 23.8. The molecule has 1 heterocycles. The molecule has 0 bridgehead atoms. The lowest BCUT2D eigenvalue weighted by atomic mass is 9.91. The van der Waals surface area contributed by atoms with Crippen LogP contribution in [0, 0.1) is 11.8 Å². The van der Waals surface area contributed by atoms with Gasteiger partial charge in [-0.2, -0.15) is 0 Å². The second-order valence-corrected chi connectivity index (χ2v) is 9.20. The Kier molecular flexibility index (Phi) is 6.51. The van der Waals surface area contributed by atoms with E-state index in [0.717, 1.165) is 45.3 Å². The summed E-state index contributed by atoms with van der Waals surface area (Å²) in [6.07, 6.45) is 7.92. The molecule has 1 saturated carbocycles. The lowest BCUT2D eigenvalue weighted by molar-refractivity contribution is 0.261. The van der Waals surface area contributed by atoms with Crippen LogP contribution in [0.3, 0.4) is 0 Å². The van der Waals surface area contributed by atoms with Crippen LogP contribution in [0.4, 0.5) is 0 Å². The third kappa shape index (κ3) is 5.53. The second-order valence-electron chi connectivity index (χ2n) is 7.19. The minimum Gasteiger partial charge on any atom is -0.314 e. The molecular weight excluding hydrogens is 284 g/mol. The average molecular weight is 317 g/mol. The third-order valence-electron chi connectivity index (χ3n) is 4.95. The van der Waals surface area contributed by atoms with Crippen molar-refractivity contribution in [2.45, 2.75) is 64.8 Å². The van der Waals surface area contributed by atoms with Gasteiger partial charge in [-0.15, -0.1) is 0 Å². The van der Waals surface area contributed by atoms with Crippen LogP contribution in [-0.2, 0) is 10.0 Å². The summed E-state index contributed by atoms with van der Waals surface area (Å²) in [5.41, 5.74) is 0. The minimum absolute atomic E-state index is 0.391. The fraction of sp³-hybridized carbons (Fsp3) is 1.00. The topological polar surface area (TPSA) is 49.4 Å². The zero-order chi connectivity index (χ0) is 15.3. The predicted octanol–water partition coefficient (Wildman–Crippen LogP) is 2.61. The van der Waals surface area contributed by atoms with Gasteiger partial charge in [0.15, 0.2) is 0 Å². The van der Waals surface area contributed by atoms with E-state index in [0.29, 0.717) is 23.6 Å². The van der Waals surface area contributed by atoms with Gasteiger partial charge in [0.05, 0.1) is 5.75 Å². The van der Waals surface area contributed by atoms with Gasteiger partial charge in [0.25, 0.3) is 0 Å². The first-order valence-corrected chi connectivity index (χ1v) is 10.3. The largest absolute Gasteiger partial charge is 0.314 e. The molecule has 0 unspecified atom stereocenters. The molecule has 0 aromatic heterocycles. The fourth-order valence-corrected chi connectivity index (χ4v) is 5.46. The van der Waals surface area contributed by atoms with Crippen LogP contribution in [0.1, 0.15) is 58.8 Å². The van der Waals surface area contributed by atoms with E-state index >= 15 is 0 Å². The van der Waals surface area contributed by atoms with E-state index in [-0.39, 0.29) is 0 Å². The number of nitrogens with one attached hydrogen (secondary N) is 1. The summed E-state index contributed by atoms with van der Waals surface area (Å²) in [5.74, 6) is 1.43. The van der Waals surface area contributed by atoms with E-state index in [1.807, 2.05) is 0 Å². The smallest absolute Gasteiger partial charge is 0.214 e. The number of piperidine rings is 1. The first-order chi connectivity index (χ1) is 9.97. The van der Waals surface area contributed by atoms with E-state index in [9.17, 15) is 8.42 Å². The van der Waals surface area contributed by atoms with Crippen LogP contribution < -0.4 is 5.32 Å². The summed E-state index contributed by atoms with van der Waals surface area (Å²) in [7, 11) is -3.02. The highest BCUT2D eigenvalue weighted by molar-refractivity contribution is 7.89. The minimum atomic E-state index is -3.02. The van der Waals surface area contributed by atoms with Crippen LogP contribution in [-0.4, -0.2) is 44.2 Å². The number of nitrogens with zero attached hydrogens (tertiary/aromatic N) is 1. The third-order valence-corrected chi connectivity index (χ3v) is 7.00. The number of sulfonamides is 1. The Labute approximate surface area is 130 Å². The summed E-state index contributed by atoms with van der Waals surface area (Å²) in [6.45, 7) is 6.78. The first kappa shape index (κ1) is 17.2. The summed E-state index contributed by atoms with van der Waals surface area (Å²) in [6, 6.07) is 0.512. The van der Waals surface area contributed by atoms with E-state index in [1.54, 1.807) is 4.31 Å². The SMILES string of the molecule is CC(C)NCC1CCN(S(=O)(=O)CC2CCCCC2)CC1. The Morgan fingerprint density at radius 1 is 1.00 bits per heavy atom. The maximum Gasteiger partial charge on any atom is 0.214 e. The van der Waals surface area contributed by atoms with Crippen molar-refractivity contribution in [3.63, 3.8) is 0 Å². The molecule has 5 heteroatoms. The van der Waals surface area contributed by atoms with Crippen LogP contribution in [0.15, 0.2) is 0 Å². The summed E-state index contributed by atoms with van der Waals surface area (Å²) in [4.78, 5) is 0. The van der Waals surface area contributed by atoms with Crippen LogP contribution >= 0.6 is 0 Å². The van der Waals surface area contributed by atoms with E-state index in [4.69, 9.17) is 0 Å². The summed E-state index contributed by atoms with van der Waals surface area (Å²) >= 11 is 0. The van der Waals surface area contributed by atoms with Gasteiger partial charge >= 0.3 is 0 Å². The Morgan fingerprint density at radius 3 is 2.19 bits per heavy atom. The number of hydrogen-bond acceptors (Lipinski definition) is 3.